The normalized spacial score (nSPS) is 11.6. The molecule has 1 aromatic heterocycles. The van der Waals surface area contributed by atoms with E-state index >= 15 is 0 Å². The molecule has 0 spiro atoms. The molecule has 4 rings (SSSR count). The van der Waals surface area contributed by atoms with Gasteiger partial charge >= 0.3 is 29.6 Å². The first kappa shape index (κ1) is 27.5. The summed E-state index contributed by atoms with van der Waals surface area (Å²) in [6, 6.07) is 18.7. The van der Waals surface area contributed by atoms with Crippen LogP contribution in [0.25, 0.3) is 16.6 Å². The summed E-state index contributed by atoms with van der Waals surface area (Å²) in [6.45, 7) is 3.82. The molecule has 0 radical (unpaired) electrons. The Bertz CT molecular complexity index is 1400. The van der Waals surface area contributed by atoms with E-state index in [0.29, 0.717) is 33.7 Å². The number of nitrogens with zero attached hydrogens (tertiary/aromatic N) is 2. The number of methoxy groups -OCH3 is 1. The van der Waals surface area contributed by atoms with Crippen LogP contribution in [0.2, 0.25) is 0 Å². The number of benzene rings is 3. The number of Topliss-reactive ketones (excluding diaryl/α,β-unsaturated/α-hetero) is 1. The SMILES string of the molecule is COc1ccc(CC(C(=O)c2ccc(OC(C)C)cc2)=C(C(=O)[O-])c2ccc3nsnc3c2)cc1.[Na+]. The Hall–Kier alpha value is -3.04. The van der Waals surface area contributed by atoms with E-state index in [1.54, 1.807) is 73.8 Å². The van der Waals surface area contributed by atoms with Gasteiger partial charge in [-0.2, -0.15) is 8.75 Å². The topological polar surface area (TPSA) is 101 Å². The smallest absolute Gasteiger partial charge is 0.545 e. The van der Waals surface area contributed by atoms with Gasteiger partial charge in [0.15, 0.2) is 5.78 Å². The Morgan fingerprint density at radius 3 is 2.11 bits per heavy atom. The van der Waals surface area contributed by atoms with E-state index in [2.05, 4.69) is 8.75 Å². The number of carbonyl (C=O) groups excluding carboxylic acids is 2. The van der Waals surface area contributed by atoms with Crippen molar-refractivity contribution in [3.63, 3.8) is 0 Å². The van der Waals surface area contributed by atoms with Gasteiger partial charge in [0.05, 0.1) is 30.9 Å². The molecule has 3 aromatic carbocycles. The molecule has 0 aliphatic heterocycles. The van der Waals surface area contributed by atoms with Crippen molar-refractivity contribution in [3.05, 3.63) is 89.0 Å². The first-order chi connectivity index (χ1) is 16.9. The number of ether oxygens (including phenoxy) is 2. The minimum Gasteiger partial charge on any atom is -0.545 e. The zero-order valence-electron chi connectivity index (χ0n) is 20.5. The van der Waals surface area contributed by atoms with E-state index in [1.807, 2.05) is 13.8 Å². The van der Waals surface area contributed by atoms with Crippen LogP contribution in [0, 0.1) is 0 Å². The fourth-order valence-electron chi connectivity index (χ4n) is 3.71. The van der Waals surface area contributed by atoms with E-state index in [4.69, 9.17) is 9.47 Å². The number of aromatic nitrogens is 2. The maximum absolute atomic E-state index is 13.7. The van der Waals surface area contributed by atoms with Gasteiger partial charge in [-0.25, -0.2) is 0 Å². The summed E-state index contributed by atoms with van der Waals surface area (Å²) in [5.74, 6) is -0.566. The van der Waals surface area contributed by atoms with E-state index in [9.17, 15) is 14.7 Å². The quantitative estimate of drug-likeness (QED) is 0.189. The number of hydrogen-bond donors (Lipinski definition) is 0. The molecule has 0 N–H and O–H groups in total. The number of ketones is 1. The zero-order valence-corrected chi connectivity index (χ0v) is 23.3. The Kier molecular flexibility index (Phi) is 9.39. The van der Waals surface area contributed by atoms with Gasteiger partial charge in [-0.15, -0.1) is 0 Å². The summed E-state index contributed by atoms with van der Waals surface area (Å²) in [5.41, 5.74) is 2.57. The van der Waals surface area contributed by atoms with Gasteiger partial charge in [0.2, 0.25) is 0 Å². The minimum atomic E-state index is -1.44. The number of carboxylic acids is 1. The summed E-state index contributed by atoms with van der Waals surface area (Å²) in [7, 11) is 1.56. The molecule has 0 aliphatic carbocycles. The number of carbonyl (C=O) groups is 2. The van der Waals surface area contributed by atoms with Crippen LogP contribution in [-0.4, -0.2) is 33.7 Å². The third-order valence-corrected chi connectivity index (χ3v) is 5.91. The van der Waals surface area contributed by atoms with Gasteiger partial charge in [-0.3, -0.25) is 4.79 Å². The maximum atomic E-state index is 13.7. The van der Waals surface area contributed by atoms with Crippen molar-refractivity contribution in [2.45, 2.75) is 26.4 Å². The molecule has 0 saturated heterocycles. The third-order valence-electron chi connectivity index (χ3n) is 5.35. The summed E-state index contributed by atoms with van der Waals surface area (Å²) < 4.78 is 19.2. The van der Waals surface area contributed by atoms with Crippen molar-refractivity contribution >= 4 is 40.1 Å². The average molecular weight is 511 g/mol. The molecule has 4 aromatic rings. The molecule has 0 atom stereocenters. The van der Waals surface area contributed by atoms with Crippen molar-refractivity contribution in [2.24, 2.45) is 0 Å². The largest absolute Gasteiger partial charge is 1.00 e. The predicted octanol–water partition coefficient (Wildman–Crippen LogP) is 1.12. The van der Waals surface area contributed by atoms with Crippen molar-refractivity contribution in [1.29, 1.82) is 0 Å². The molecule has 0 aliphatic rings. The third kappa shape index (κ3) is 6.39. The summed E-state index contributed by atoms with van der Waals surface area (Å²) >= 11 is 1.03. The molecule has 0 saturated carbocycles. The van der Waals surface area contributed by atoms with Gasteiger partial charge in [0, 0.05) is 23.1 Å². The fourth-order valence-corrected chi connectivity index (χ4v) is 4.23. The first-order valence-corrected chi connectivity index (χ1v) is 11.7. The van der Waals surface area contributed by atoms with Crippen molar-refractivity contribution in [2.75, 3.05) is 7.11 Å². The van der Waals surface area contributed by atoms with Crippen LogP contribution in [0.1, 0.15) is 35.3 Å². The van der Waals surface area contributed by atoms with Crippen LogP contribution in [0.3, 0.4) is 0 Å². The van der Waals surface area contributed by atoms with Crippen molar-refractivity contribution < 1.29 is 53.7 Å². The second kappa shape index (κ2) is 12.3. The number of allylic oxidation sites excluding steroid dienone is 1. The van der Waals surface area contributed by atoms with Gasteiger partial charge in [0.25, 0.3) is 0 Å². The fraction of sp³-hybridized carbons (Fsp3) is 0.185. The second-order valence-electron chi connectivity index (χ2n) is 8.15. The average Bonchev–Trinajstić information content (AvgIpc) is 3.31. The van der Waals surface area contributed by atoms with E-state index < -0.39 is 11.8 Å². The van der Waals surface area contributed by atoms with Gasteiger partial charge in [-0.1, -0.05) is 18.2 Å². The molecule has 7 nitrogen and oxygen atoms in total. The minimum absolute atomic E-state index is 0. The summed E-state index contributed by atoms with van der Waals surface area (Å²) in [5, 5.41) is 12.4. The summed E-state index contributed by atoms with van der Waals surface area (Å²) in [6.07, 6.45) is 0.0749. The Labute approximate surface area is 235 Å². The number of hydrogen-bond acceptors (Lipinski definition) is 8. The molecule has 0 bridgehead atoms. The monoisotopic (exact) mass is 510 g/mol. The molecular formula is C27H23N2NaO5S. The van der Waals surface area contributed by atoms with Crippen molar-refractivity contribution in [3.8, 4) is 11.5 Å². The Morgan fingerprint density at radius 1 is 0.889 bits per heavy atom. The molecule has 0 amide bonds. The number of aliphatic carboxylic acids is 1. The second-order valence-corrected chi connectivity index (χ2v) is 8.68. The predicted molar refractivity (Wildman–Crippen MR) is 133 cm³/mol. The van der Waals surface area contributed by atoms with Crippen LogP contribution in [0.4, 0.5) is 0 Å². The molecule has 0 fully saturated rings. The van der Waals surface area contributed by atoms with Crippen LogP contribution in [0.5, 0.6) is 11.5 Å². The maximum Gasteiger partial charge on any atom is 1.00 e. The van der Waals surface area contributed by atoms with E-state index in [1.165, 1.54) is 0 Å². The number of fused-ring (bicyclic) bond motifs is 1. The Balaban J connectivity index is 0.00000361. The van der Waals surface area contributed by atoms with Crippen LogP contribution >= 0.6 is 11.7 Å². The molecule has 0 unspecified atom stereocenters. The molecule has 36 heavy (non-hydrogen) atoms. The molecular weight excluding hydrogens is 487 g/mol. The van der Waals surface area contributed by atoms with Gasteiger partial charge < -0.3 is 19.4 Å². The van der Waals surface area contributed by atoms with Crippen LogP contribution in [0.15, 0.2) is 72.3 Å². The Morgan fingerprint density at radius 2 is 1.50 bits per heavy atom. The van der Waals surface area contributed by atoms with Crippen LogP contribution in [-0.2, 0) is 11.2 Å². The molecule has 178 valence electrons. The van der Waals surface area contributed by atoms with Crippen LogP contribution < -0.4 is 44.1 Å². The van der Waals surface area contributed by atoms with E-state index in [-0.39, 0.29) is 53.2 Å². The number of carboxylic acid groups (broad SMARTS) is 1. The van der Waals surface area contributed by atoms with E-state index in [0.717, 1.165) is 17.3 Å². The molecule has 9 heteroatoms. The first-order valence-electron chi connectivity index (χ1n) is 11.0. The molecule has 1 heterocycles. The standard InChI is InChI=1S/C27H24N2O5S.Na/c1-16(2)34-21-11-6-18(7-12-21)26(30)22(14-17-4-9-20(33-3)10-5-17)25(27(31)32)19-8-13-23-24(15-19)29-35-28-23;/h4-13,15-16H,14H2,1-3H3,(H,31,32);/q;+1/p-1. The number of rotatable bonds is 9. The summed E-state index contributed by atoms with van der Waals surface area (Å²) in [4.78, 5) is 26.1. The van der Waals surface area contributed by atoms with Crippen molar-refractivity contribution in [1.82, 2.24) is 8.75 Å². The zero-order chi connectivity index (χ0) is 24.9. The van der Waals surface area contributed by atoms with Gasteiger partial charge in [-0.05, 0) is 73.5 Å². The van der Waals surface area contributed by atoms with Gasteiger partial charge in [0.1, 0.15) is 22.5 Å².